The van der Waals surface area contributed by atoms with Gasteiger partial charge in [-0.15, -0.1) is 0 Å². The molecule has 0 radical (unpaired) electrons. The fraction of sp³-hybridized carbons (Fsp3) is 0.214. The molecule has 2 aromatic rings. The summed E-state index contributed by atoms with van der Waals surface area (Å²) in [6, 6.07) is 4.17. The number of anilines is 1. The first-order valence-corrected chi connectivity index (χ1v) is 7.28. The largest absolute Gasteiger partial charge is 0.508 e. The Morgan fingerprint density at radius 3 is 2.95 bits per heavy atom. The first-order valence-electron chi connectivity index (χ1n) is 6.47. The van der Waals surface area contributed by atoms with Crippen LogP contribution in [-0.4, -0.2) is 34.0 Å². The standard InChI is InChI=1S/C14H15N3O4S/c1-3-21-13(20)12-8(2)16-14(22-12)17-15-7-9-4-5-10(18)6-11(9)19/h4-7,18-19H,3H2,1-2H3,(H,16,17)/b15-7+. The number of aromatic hydroxyl groups is 2. The van der Waals surface area contributed by atoms with Crippen LogP contribution in [0.2, 0.25) is 0 Å². The van der Waals surface area contributed by atoms with Crippen LogP contribution in [0, 0.1) is 6.92 Å². The molecule has 22 heavy (non-hydrogen) atoms. The molecule has 0 atom stereocenters. The number of phenolic OH excluding ortho intramolecular Hbond substituents is 2. The van der Waals surface area contributed by atoms with Gasteiger partial charge in [-0.3, -0.25) is 5.43 Å². The van der Waals surface area contributed by atoms with Gasteiger partial charge in [-0.2, -0.15) is 5.10 Å². The second-order valence-corrected chi connectivity index (χ2v) is 5.27. The van der Waals surface area contributed by atoms with E-state index in [-0.39, 0.29) is 11.5 Å². The van der Waals surface area contributed by atoms with Crippen molar-refractivity contribution in [3.8, 4) is 11.5 Å². The lowest BCUT2D eigenvalue weighted by Gasteiger charge is -1.99. The molecule has 1 aromatic heterocycles. The Hall–Kier alpha value is -2.61. The van der Waals surface area contributed by atoms with E-state index in [0.717, 1.165) is 11.3 Å². The highest BCUT2D eigenvalue weighted by molar-refractivity contribution is 7.17. The van der Waals surface area contributed by atoms with Gasteiger partial charge in [0.2, 0.25) is 5.13 Å². The molecule has 3 N–H and O–H groups in total. The molecule has 0 aliphatic heterocycles. The van der Waals surface area contributed by atoms with Crippen molar-refractivity contribution < 1.29 is 19.7 Å². The van der Waals surface area contributed by atoms with Crippen LogP contribution in [0.3, 0.4) is 0 Å². The van der Waals surface area contributed by atoms with Crippen LogP contribution >= 0.6 is 11.3 Å². The molecule has 0 saturated carbocycles. The third-order valence-electron chi connectivity index (χ3n) is 2.64. The molecular weight excluding hydrogens is 306 g/mol. The summed E-state index contributed by atoms with van der Waals surface area (Å²) in [6.45, 7) is 3.75. The minimum absolute atomic E-state index is 0.0303. The number of hydrogen-bond donors (Lipinski definition) is 3. The summed E-state index contributed by atoms with van der Waals surface area (Å²) in [7, 11) is 0. The van der Waals surface area contributed by atoms with Gasteiger partial charge < -0.3 is 14.9 Å². The molecule has 0 aliphatic rings. The number of ether oxygens (including phenoxy) is 1. The topological polar surface area (TPSA) is 104 Å². The van der Waals surface area contributed by atoms with Crippen molar-refractivity contribution in [3.63, 3.8) is 0 Å². The molecule has 1 aromatic carbocycles. The van der Waals surface area contributed by atoms with Crippen LogP contribution in [-0.2, 0) is 4.74 Å². The smallest absolute Gasteiger partial charge is 0.350 e. The monoisotopic (exact) mass is 321 g/mol. The highest BCUT2D eigenvalue weighted by Gasteiger charge is 2.15. The molecule has 0 amide bonds. The van der Waals surface area contributed by atoms with Gasteiger partial charge in [-0.05, 0) is 26.0 Å². The van der Waals surface area contributed by atoms with Gasteiger partial charge in [-0.1, -0.05) is 11.3 Å². The maximum absolute atomic E-state index is 11.7. The second kappa shape index (κ2) is 6.90. The number of nitrogens with one attached hydrogen (secondary N) is 1. The normalized spacial score (nSPS) is 10.8. The van der Waals surface area contributed by atoms with E-state index < -0.39 is 5.97 Å². The van der Waals surface area contributed by atoms with E-state index in [4.69, 9.17) is 4.74 Å². The number of rotatable bonds is 5. The quantitative estimate of drug-likeness (QED) is 0.444. The summed E-state index contributed by atoms with van der Waals surface area (Å²) < 4.78 is 4.93. The summed E-state index contributed by atoms with van der Waals surface area (Å²) in [5, 5.41) is 23.2. The Labute approximate surface area is 130 Å². The Balaban J connectivity index is 2.07. The van der Waals surface area contributed by atoms with Crippen molar-refractivity contribution in [2.75, 3.05) is 12.0 Å². The lowest BCUT2D eigenvalue weighted by atomic mass is 10.2. The SMILES string of the molecule is CCOC(=O)c1sc(N/N=C/c2ccc(O)cc2O)nc1C. The average molecular weight is 321 g/mol. The van der Waals surface area contributed by atoms with E-state index in [1.54, 1.807) is 13.8 Å². The molecule has 1 heterocycles. The fourth-order valence-corrected chi connectivity index (χ4v) is 2.44. The molecule has 2 rings (SSSR count). The van der Waals surface area contributed by atoms with E-state index in [0.29, 0.717) is 27.9 Å². The van der Waals surface area contributed by atoms with Crippen LogP contribution in [0.15, 0.2) is 23.3 Å². The number of carbonyl (C=O) groups excluding carboxylic acids is 1. The number of phenols is 2. The first-order chi connectivity index (χ1) is 10.5. The van der Waals surface area contributed by atoms with Gasteiger partial charge >= 0.3 is 5.97 Å². The number of thiazole rings is 1. The number of nitrogens with zero attached hydrogens (tertiary/aromatic N) is 2. The van der Waals surface area contributed by atoms with Crippen LogP contribution in [0.5, 0.6) is 11.5 Å². The van der Waals surface area contributed by atoms with Gasteiger partial charge in [0.15, 0.2) is 0 Å². The Kier molecular flexibility index (Phi) is 4.95. The second-order valence-electron chi connectivity index (χ2n) is 4.27. The zero-order chi connectivity index (χ0) is 16.1. The van der Waals surface area contributed by atoms with E-state index in [9.17, 15) is 15.0 Å². The van der Waals surface area contributed by atoms with E-state index >= 15 is 0 Å². The Morgan fingerprint density at radius 2 is 2.27 bits per heavy atom. The average Bonchev–Trinajstić information content (AvgIpc) is 2.83. The molecule has 0 aliphatic carbocycles. The maximum atomic E-state index is 11.7. The van der Waals surface area contributed by atoms with Crippen molar-refractivity contribution in [1.82, 2.24) is 4.98 Å². The van der Waals surface area contributed by atoms with E-state index in [1.165, 1.54) is 24.4 Å². The fourth-order valence-electron chi connectivity index (χ4n) is 1.63. The lowest BCUT2D eigenvalue weighted by molar-refractivity contribution is 0.0531. The maximum Gasteiger partial charge on any atom is 0.350 e. The number of esters is 1. The van der Waals surface area contributed by atoms with Gasteiger partial charge in [0, 0.05) is 11.6 Å². The van der Waals surface area contributed by atoms with Gasteiger partial charge in [0.25, 0.3) is 0 Å². The summed E-state index contributed by atoms with van der Waals surface area (Å²) in [6.07, 6.45) is 1.38. The minimum Gasteiger partial charge on any atom is -0.508 e. The van der Waals surface area contributed by atoms with Crippen LogP contribution < -0.4 is 5.43 Å². The molecule has 0 unspecified atom stereocenters. The zero-order valence-corrected chi connectivity index (χ0v) is 12.8. The van der Waals surface area contributed by atoms with Crippen LogP contribution in [0.1, 0.15) is 27.9 Å². The summed E-state index contributed by atoms with van der Waals surface area (Å²) in [5.74, 6) is -0.531. The first kappa shape index (κ1) is 15.8. The number of hydrogen-bond acceptors (Lipinski definition) is 8. The number of hydrazone groups is 1. The number of aryl methyl sites for hydroxylation is 1. The zero-order valence-electron chi connectivity index (χ0n) is 12.0. The number of carbonyl (C=O) groups is 1. The third-order valence-corrected chi connectivity index (χ3v) is 3.68. The minimum atomic E-state index is -0.411. The molecule has 0 spiro atoms. The predicted octanol–water partition coefficient (Wildman–Crippen LogP) is 2.49. The Morgan fingerprint density at radius 1 is 1.50 bits per heavy atom. The summed E-state index contributed by atoms with van der Waals surface area (Å²) >= 11 is 1.14. The van der Waals surface area contributed by atoms with Crippen LogP contribution in [0.4, 0.5) is 5.13 Å². The lowest BCUT2D eigenvalue weighted by Crippen LogP contribution is -2.03. The van der Waals surface area contributed by atoms with Crippen molar-refractivity contribution in [1.29, 1.82) is 0 Å². The number of benzene rings is 1. The van der Waals surface area contributed by atoms with Gasteiger partial charge in [-0.25, -0.2) is 9.78 Å². The molecule has 7 nitrogen and oxygen atoms in total. The van der Waals surface area contributed by atoms with Crippen molar-refractivity contribution in [2.24, 2.45) is 5.10 Å². The van der Waals surface area contributed by atoms with E-state index in [2.05, 4.69) is 15.5 Å². The Bertz CT molecular complexity index is 712. The van der Waals surface area contributed by atoms with Crippen LogP contribution in [0.25, 0.3) is 0 Å². The number of aromatic nitrogens is 1. The molecule has 0 bridgehead atoms. The third kappa shape index (κ3) is 3.73. The van der Waals surface area contributed by atoms with Gasteiger partial charge in [0.1, 0.15) is 16.4 Å². The van der Waals surface area contributed by atoms with Crippen molar-refractivity contribution in [2.45, 2.75) is 13.8 Å². The molecule has 8 heteroatoms. The van der Waals surface area contributed by atoms with Crippen molar-refractivity contribution >= 4 is 28.7 Å². The highest BCUT2D eigenvalue weighted by Crippen LogP contribution is 2.24. The highest BCUT2D eigenvalue weighted by atomic mass is 32.1. The molecular formula is C14H15N3O4S. The van der Waals surface area contributed by atoms with Gasteiger partial charge in [0.05, 0.1) is 18.5 Å². The molecule has 0 fully saturated rings. The predicted molar refractivity (Wildman–Crippen MR) is 83.8 cm³/mol. The van der Waals surface area contributed by atoms with E-state index in [1.807, 2.05) is 0 Å². The molecule has 116 valence electrons. The van der Waals surface area contributed by atoms with Crippen molar-refractivity contribution in [3.05, 3.63) is 34.3 Å². The summed E-state index contributed by atoms with van der Waals surface area (Å²) in [4.78, 5) is 16.3. The molecule has 0 saturated heterocycles. The summed E-state index contributed by atoms with van der Waals surface area (Å²) in [5.41, 5.74) is 3.69.